The predicted molar refractivity (Wildman–Crippen MR) is 100 cm³/mol. The van der Waals surface area contributed by atoms with Crippen molar-refractivity contribution >= 4 is 17.5 Å². The van der Waals surface area contributed by atoms with Gasteiger partial charge in [-0.2, -0.15) is 0 Å². The molecule has 1 aliphatic heterocycles. The first kappa shape index (κ1) is 17.7. The molecule has 2 heterocycles. The Morgan fingerprint density at radius 3 is 2.68 bits per heavy atom. The zero-order valence-corrected chi connectivity index (χ0v) is 14.8. The van der Waals surface area contributed by atoms with Gasteiger partial charge in [-0.3, -0.25) is 4.79 Å². The number of hydrogen-bond acceptors (Lipinski definition) is 6. The van der Waals surface area contributed by atoms with Crippen LogP contribution in [-0.2, 0) is 6.42 Å². The Morgan fingerprint density at radius 2 is 1.86 bits per heavy atom. The normalized spacial score (nSPS) is 11.9. The summed E-state index contributed by atoms with van der Waals surface area (Å²) < 4.78 is 24.2. The molecule has 8 heteroatoms. The molecule has 0 radical (unpaired) electrons. The van der Waals surface area contributed by atoms with Crippen molar-refractivity contribution in [2.45, 2.75) is 6.42 Å². The van der Waals surface area contributed by atoms with E-state index < -0.39 is 0 Å². The first-order valence-electron chi connectivity index (χ1n) is 8.69. The zero-order valence-electron chi connectivity index (χ0n) is 14.8. The molecule has 0 bridgehead atoms. The maximum atomic E-state index is 13.6. The van der Waals surface area contributed by atoms with E-state index >= 15 is 0 Å². The largest absolute Gasteiger partial charge is 0.454 e. The van der Waals surface area contributed by atoms with Crippen molar-refractivity contribution in [1.82, 2.24) is 15.3 Å². The first-order chi connectivity index (χ1) is 13.7. The molecule has 28 heavy (non-hydrogen) atoms. The van der Waals surface area contributed by atoms with Crippen molar-refractivity contribution < 1.29 is 18.7 Å². The third kappa shape index (κ3) is 4.01. The van der Waals surface area contributed by atoms with Gasteiger partial charge in [0.05, 0.1) is 5.56 Å². The molecule has 0 aliphatic carbocycles. The van der Waals surface area contributed by atoms with Gasteiger partial charge in [-0.1, -0.05) is 18.2 Å². The van der Waals surface area contributed by atoms with E-state index in [0.29, 0.717) is 41.5 Å². The number of nitrogens with one attached hydrogen (secondary N) is 2. The van der Waals surface area contributed by atoms with Gasteiger partial charge in [0, 0.05) is 30.7 Å². The second kappa shape index (κ2) is 7.91. The molecule has 142 valence electrons. The van der Waals surface area contributed by atoms with Crippen molar-refractivity contribution in [3.8, 4) is 11.5 Å². The lowest BCUT2D eigenvalue weighted by atomic mass is 10.1. The number of aromatic nitrogens is 2. The summed E-state index contributed by atoms with van der Waals surface area (Å²) in [4.78, 5) is 20.5. The number of halogens is 1. The Balaban J connectivity index is 1.32. The lowest BCUT2D eigenvalue weighted by Gasteiger charge is -2.08. The van der Waals surface area contributed by atoms with E-state index in [4.69, 9.17) is 9.47 Å². The van der Waals surface area contributed by atoms with Crippen LogP contribution < -0.4 is 20.1 Å². The van der Waals surface area contributed by atoms with E-state index in [2.05, 4.69) is 20.6 Å². The quantitative estimate of drug-likeness (QED) is 0.684. The highest BCUT2D eigenvalue weighted by Gasteiger charge is 2.14. The molecule has 0 spiro atoms. The Hall–Kier alpha value is -3.68. The number of carbonyl (C=O) groups is 1. The fraction of sp³-hybridized carbons (Fsp3) is 0.150. The van der Waals surface area contributed by atoms with Crippen LogP contribution in [0.15, 0.2) is 54.9 Å². The lowest BCUT2D eigenvalue weighted by molar-refractivity contribution is 0.0953. The number of amides is 1. The van der Waals surface area contributed by atoms with Gasteiger partial charge in [-0.05, 0) is 30.2 Å². The highest BCUT2D eigenvalue weighted by atomic mass is 19.1. The minimum Gasteiger partial charge on any atom is -0.454 e. The SMILES string of the molecule is O=C(NCCc1ccccc1F)c1cnc(Nc2ccc3c(c2)OCO3)nc1. The molecule has 3 aromatic rings. The average Bonchev–Trinajstić information content (AvgIpc) is 3.18. The summed E-state index contributed by atoms with van der Waals surface area (Å²) in [6, 6.07) is 11.9. The highest BCUT2D eigenvalue weighted by Crippen LogP contribution is 2.34. The van der Waals surface area contributed by atoms with Crippen molar-refractivity contribution in [2.75, 3.05) is 18.7 Å². The van der Waals surface area contributed by atoms with E-state index in [1.165, 1.54) is 18.5 Å². The Kier molecular flexibility index (Phi) is 5.01. The fourth-order valence-electron chi connectivity index (χ4n) is 2.73. The lowest BCUT2D eigenvalue weighted by Crippen LogP contribution is -2.26. The van der Waals surface area contributed by atoms with Gasteiger partial charge in [0.15, 0.2) is 11.5 Å². The Morgan fingerprint density at radius 1 is 1.07 bits per heavy atom. The first-order valence-corrected chi connectivity index (χ1v) is 8.69. The van der Waals surface area contributed by atoms with E-state index in [1.807, 2.05) is 6.07 Å². The molecule has 0 fully saturated rings. The van der Waals surface area contributed by atoms with Crippen LogP contribution in [0.5, 0.6) is 11.5 Å². The number of nitrogens with zero attached hydrogens (tertiary/aromatic N) is 2. The monoisotopic (exact) mass is 380 g/mol. The topological polar surface area (TPSA) is 85.4 Å². The number of anilines is 2. The third-order valence-electron chi connectivity index (χ3n) is 4.18. The van der Waals surface area contributed by atoms with Gasteiger partial charge in [-0.15, -0.1) is 0 Å². The number of rotatable bonds is 6. The van der Waals surface area contributed by atoms with Crippen molar-refractivity contribution in [3.63, 3.8) is 0 Å². The fourth-order valence-corrected chi connectivity index (χ4v) is 2.73. The number of hydrogen-bond donors (Lipinski definition) is 2. The molecule has 1 aliphatic rings. The van der Waals surface area contributed by atoms with Crippen LogP contribution in [0.4, 0.5) is 16.0 Å². The third-order valence-corrected chi connectivity index (χ3v) is 4.18. The Bertz CT molecular complexity index is 995. The molecule has 4 rings (SSSR count). The molecule has 0 unspecified atom stereocenters. The second-order valence-corrected chi connectivity index (χ2v) is 6.09. The summed E-state index contributed by atoms with van der Waals surface area (Å²) >= 11 is 0. The van der Waals surface area contributed by atoms with Crippen LogP contribution in [-0.4, -0.2) is 29.2 Å². The summed E-state index contributed by atoms with van der Waals surface area (Å²) in [5.41, 5.74) is 1.62. The van der Waals surface area contributed by atoms with Crippen molar-refractivity contribution in [3.05, 3.63) is 71.8 Å². The van der Waals surface area contributed by atoms with Crippen molar-refractivity contribution in [1.29, 1.82) is 0 Å². The summed E-state index contributed by atoms with van der Waals surface area (Å²) in [7, 11) is 0. The van der Waals surface area contributed by atoms with Crippen LogP contribution in [0.3, 0.4) is 0 Å². The number of ether oxygens (including phenoxy) is 2. The molecular formula is C20H17FN4O3. The van der Waals surface area contributed by atoms with Crippen LogP contribution in [0.1, 0.15) is 15.9 Å². The minimum atomic E-state index is -0.314. The standard InChI is InChI=1S/C20H17FN4O3/c21-16-4-2-1-3-13(16)7-8-22-19(26)14-10-23-20(24-11-14)25-15-5-6-17-18(9-15)28-12-27-17/h1-6,9-11H,7-8,12H2,(H,22,26)(H,23,24,25). The number of fused-ring (bicyclic) bond motifs is 1. The van der Waals surface area contributed by atoms with E-state index in [0.717, 1.165) is 5.69 Å². The van der Waals surface area contributed by atoms with Gasteiger partial charge in [0.2, 0.25) is 12.7 Å². The maximum absolute atomic E-state index is 13.6. The zero-order chi connectivity index (χ0) is 19.3. The summed E-state index contributed by atoms with van der Waals surface area (Å²) in [5.74, 6) is 1.09. The van der Waals surface area contributed by atoms with Crippen molar-refractivity contribution in [2.24, 2.45) is 0 Å². The number of carbonyl (C=O) groups excluding carboxylic acids is 1. The molecular weight excluding hydrogens is 363 g/mol. The maximum Gasteiger partial charge on any atom is 0.254 e. The van der Waals surface area contributed by atoms with E-state index in [9.17, 15) is 9.18 Å². The molecule has 0 atom stereocenters. The summed E-state index contributed by atoms with van der Waals surface area (Å²) in [6.07, 6.45) is 3.27. The smallest absolute Gasteiger partial charge is 0.254 e. The van der Waals surface area contributed by atoms with E-state index in [-0.39, 0.29) is 18.5 Å². The highest BCUT2D eigenvalue weighted by molar-refractivity contribution is 5.93. The number of benzene rings is 2. The average molecular weight is 380 g/mol. The van der Waals surface area contributed by atoms with Gasteiger partial charge in [0.1, 0.15) is 5.82 Å². The molecule has 0 saturated carbocycles. The molecule has 1 amide bonds. The molecule has 7 nitrogen and oxygen atoms in total. The summed E-state index contributed by atoms with van der Waals surface area (Å²) in [6.45, 7) is 0.521. The molecule has 0 saturated heterocycles. The molecule has 1 aromatic heterocycles. The van der Waals surface area contributed by atoms with Crippen LogP contribution in [0.2, 0.25) is 0 Å². The van der Waals surface area contributed by atoms with Gasteiger partial charge >= 0.3 is 0 Å². The van der Waals surface area contributed by atoms with Crippen LogP contribution in [0, 0.1) is 5.82 Å². The predicted octanol–water partition coefficient (Wildman–Crippen LogP) is 3.06. The van der Waals surface area contributed by atoms with Gasteiger partial charge in [-0.25, -0.2) is 14.4 Å². The Labute approximate surface area is 160 Å². The minimum absolute atomic E-state index is 0.204. The van der Waals surface area contributed by atoms with Crippen LogP contribution >= 0.6 is 0 Å². The molecule has 2 N–H and O–H groups in total. The van der Waals surface area contributed by atoms with E-state index in [1.54, 1.807) is 30.3 Å². The second-order valence-electron chi connectivity index (χ2n) is 6.09. The van der Waals surface area contributed by atoms with Crippen LogP contribution in [0.25, 0.3) is 0 Å². The molecule has 2 aromatic carbocycles. The van der Waals surface area contributed by atoms with Gasteiger partial charge < -0.3 is 20.1 Å². The van der Waals surface area contributed by atoms with Gasteiger partial charge in [0.25, 0.3) is 5.91 Å². The summed E-state index contributed by atoms with van der Waals surface area (Å²) in [5, 5.41) is 5.78.